The predicted molar refractivity (Wildman–Crippen MR) is 208 cm³/mol. The summed E-state index contributed by atoms with van der Waals surface area (Å²) in [7, 11) is 0. The van der Waals surface area contributed by atoms with Crippen molar-refractivity contribution in [3.05, 3.63) is 144 Å². The Balaban J connectivity index is 0.000000327. The van der Waals surface area contributed by atoms with E-state index in [9.17, 15) is 0 Å². The number of allylic oxidation sites excluding steroid dienone is 7. The van der Waals surface area contributed by atoms with Crippen LogP contribution in [0.3, 0.4) is 0 Å². The zero-order valence-electron chi connectivity index (χ0n) is 28.3. The van der Waals surface area contributed by atoms with Crippen LogP contribution in [0, 0.1) is 6.92 Å². The molecule has 234 valence electrons. The largest absolute Gasteiger partial charge is 0.205 e. The van der Waals surface area contributed by atoms with Gasteiger partial charge < -0.3 is 0 Å². The molecule has 2 heteroatoms. The second-order valence-corrected chi connectivity index (χ2v) is 13.9. The number of aryl methyl sites for hydroxylation is 1. The summed E-state index contributed by atoms with van der Waals surface area (Å²) in [5, 5.41) is 5.37. The van der Waals surface area contributed by atoms with Crippen molar-refractivity contribution in [1.82, 2.24) is 0 Å². The van der Waals surface area contributed by atoms with Gasteiger partial charge in [0.2, 0.25) is 0 Å². The number of hydrogen-bond acceptors (Lipinski definition) is 1. The Hall–Kier alpha value is -4.14. The zero-order valence-corrected chi connectivity index (χ0v) is 29.2. The highest BCUT2D eigenvalue weighted by atomic mass is 32.1. The SMILES string of the molecule is C/C=C\c1c(C)cccc1-c1c2ccccc2c2c3cc(ccc13)C(CC)CC=[N+]1C=CC2=CC1.C=C/C=C(\C=C/C)C(C)(C)S. The van der Waals surface area contributed by atoms with Crippen LogP contribution in [0.5, 0.6) is 0 Å². The zero-order chi connectivity index (χ0) is 32.8. The Morgan fingerprint density at radius 2 is 1.70 bits per heavy atom. The minimum Gasteiger partial charge on any atom is -0.205 e. The first-order valence-corrected chi connectivity index (χ1v) is 17.0. The second-order valence-electron chi connectivity index (χ2n) is 12.7. The molecule has 0 radical (unpaired) electrons. The van der Waals surface area contributed by atoms with E-state index in [0.29, 0.717) is 5.92 Å². The van der Waals surface area contributed by atoms with Gasteiger partial charge in [-0.05, 0) is 119 Å². The molecule has 1 unspecified atom stereocenters. The smallest absolute Gasteiger partial charge is 0.169 e. The topological polar surface area (TPSA) is 3.01 Å². The highest BCUT2D eigenvalue weighted by Crippen LogP contribution is 2.45. The Morgan fingerprint density at radius 1 is 0.957 bits per heavy atom. The normalized spacial score (nSPS) is 16.5. The third-order valence-corrected chi connectivity index (χ3v) is 9.43. The van der Waals surface area contributed by atoms with Gasteiger partial charge >= 0.3 is 0 Å². The fourth-order valence-electron chi connectivity index (χ4n) is 6.74. The molecule has 4 aromatic rings. The van der Waals surface area contributed by atoms with Gasteiger partial charge in [-0.1, -0.05) is 111 Å². The summed E-state index contributed by atoms with van der Waals surface area (Å²) < 4.78 is 2.25. The standard InChI is InChI=1S/C34H32N.C10H16S/c1-4-9-27-23(3)10-8-13-28(27)34-30-12-7-6-11-29(30)33-25-17-20-35(21-18-25)19-16-24(5-2)26-14-15-31(34)32(33)22-26;1-5-7-9(8-6-2)10(3,4)11/h4,6-15,17-20,22,24H,5,16,21H2,1-3H3;5-8,11H,1H2,2-4H3/q+1;/b9-4-,35-19?;8-6-,9-7+. The molecule has 4 aromatic carbocycles. The van der Waals surface area contributed by atoms with Gasteiger partial charge in [0.25, 0.3) is 0 Å². The monoisotopic (exact) mass is 622 g/mol. The predicted octanol–water partition coefficient (Wildman–Crippen LogP) is 12.3. The van der Waals surface area contributed by atoms with E-state index in [1.54, 1.807) is 6.08 Å². The molecule has 0 aromatic heterocycles. The Bertz CT molecular complexity index is 1950. The first-order chi connectivity index (χ1) is 22.2. The van der Waals surface area contributed by atoms with Crippen LogP contribution < -0.4 is 0 Å². The molecule has 1 nitrogen and oxygen atoms in total. The van der Waals surface area contributed by atoms with Crippen molar-refractivity contribution < 1.29 is 4.58 Å². The average molecular weight is 623 g/mol. The number of fused-ring (bicyclic) bond motifs is 4. The quantitative estimate of drug-likeness (QED) is 0.0943. The molecule has 1 atom stereocenters. The minimum absolute atomic E-state index is 0.0826. The lowest BCUT2D eigenvalue weighted by Crippen LogP contribution is -2.12. The van der Waals surface area contributed by atoms with E-state index < -0.39 is 0 Å². The van der Waals surface area contributed by atoms with Gasteiger partial charge in [0.15, 0.2) is 12.7 Å². The molecule has 7 rings (SSSR count). The number of rotatable bonds is 6. The van der Waals surface area contributed by atoms with E-state index in [2.05, 4.69) is 162 Å². The van der Waals surface area contributed by atoms with E-state index in [4.69, 9.17) is 0 Å². The van der Waals surface area contributed by atoms with Gasteiger partial charge in [-0.25, -0.2) is 4.58 Å². The molecule has 46 heavy (non-hydrogen) atoms. The van der Waals surface area contributed by atoms with Gasteiger partial charge in [-0.15, -0.1) is 0 Å². The Kier molecular flexibility index (Phi) is 10.5. The molecular weight excluding hydrogens is 575 g/mol. The van der Waals surface area contributed by atoms with E-state index in [1.165, 1.54) is 66.1 Å². The molecular formula is C44H48NS+. The maximum atomic E-state index is 4.45. The summed E-state index contributed by atoms with van der Waals surface area (Å²) in [6.07, 6.45) is 23.8. The van der Waals surface area contributed by atoms with E-state index in [0.717, 1.165) is 19.4 Å². The van der Waals surface area contributed by atoms with Crippen LogP contribution in [0.15, 0.2) is 122 Å². The summed E-state index contributed by atoms with van der Waals surface area (Å²) in [6, 6.07) is 23.0. The molecule has 3 heterocycles. The lowest BCUT2D eigenvalue weighted by molar-refractivity contribution is -0.442. The van der Waals surface area contributed by atoms with Gasteiger partial charge in [-0.3, -0.25) is 0 Å². The lowest BCUT2D eigenvalue weighted by atomic mass is 9.82. The Morgan fingerprint density at radius 3 is 2.33 bits per heavy atom. The van der Waals surface area contributed by atoms with Gasteiger partial charge in [-0.2, -0.15) is 12.6 Å². The van der Waals surface area contributed by atoms with Crippen molar-refractivity contribution in [2.24, 2.45) is 0 Å². The summed E-state index contributed by atoms with van der Waals surface area (Å²) in [5.74, 6) is 0.523. The molecule has 4 bridgehead atoms. The van der Waals surface area contributed by atoms with Gasteiger partial charge in [0.05, 0.1) is 0 Å². The summed E-state index contributed by atoms with van der Waals surface area (Å²) in [6.45, 7) is 17.3. The molecule has 0 saturated heterocycles. The molecule has 0 N–H and O–H groups in total. The molecule has 0 amide bonds. The van der Waals surface area contributed by atoms with Crippen LogP contribution in [0.4, 0.5) is 0 Å². The van der Waals surface area contributed by atoms with Crippen LogP contribution in [0.25, 0.3) is 44.3 Å². The third kappa shape index (κ3) is 6.83. The summed E-state index contributed by atoms with van der Waals surface area (Å²) >= 11 is 4.45. The van der Waals surface area contributed by atoms with Crippen molar-refractivity contribution in [1.29, 1.82) is 0 Å². The fraction of sp³-hybridized carbons (Fsp3) is 0.250. The van der Waals surface area contributed by atoms with E-state index >= 15 is 0 Å². The van der Waals surface area contributed by atoms with Crippen LogP contribution in [-0.4, -0.2) is 22.1 Å². The van der Waals surface area contributed by atoms with Crippen molar-refractivity contribution in [2.45, 2.75) is 65.0 Å². The van der Waals surface area contributed by atoms with Crippen LogP contribution in [-0.2, 0) is 0 Å². The number of nitrogens with zero attached hydrogens (tertiary/aromatic N) is 1. The van der Waals surface area contributed by atoms with E-state index in [1.807, 2.05) is 19.1 Å². The van der Waals surface area contributed by atoms with E-state index in [-0.39, 0.29) is 4.75 Å². The van der Waals surface area contributed by atoms with Gasteiger partial charge in [0.1, 0.15) is 6.21 Å². The number of hydrogen-bond donors (Lipinski definition) is 1. The summed E-state index contributed by atoms with van der Waals surface area (Å²) in [4.78, 5) is 0. The van der Waals surface area contributed by atoms with Crippen molar-refractivity contribution in [3.8, 4) is 11.1 Å². The fourth-order valence-corrected chi connectivity index (χ4v) is 6.89. The van der Waals surface area contributed by atoms with Crippen LogP contribution >= 0.6 is 12.6 Å². The van der Waals surface area contributed by atoms with Crippen LogP contribution in [0.1, 0.15) is 75.6 Å². The average Bonchev–Trinajstić information content (AvgIpc) is 3.09. The maximum Gasteiger partial charge on any atom is 0.169 e. The van der Waals surface area contributed by atoms with Crippen molar-refractivity contribution >= 4 is 52.0 Å². The first-order valence-electron chi connectivity index (χ1n) is 16.6. The highest BCUT2D eigenvalue weighted by molar-refractivity contribution is 7.82. The second kappa shape index (κ2) is 14.5. The number of thiol groups is 1. The van der Waals surface area contributed by atoms with Crippen LogP contribution in [0.2, 0.25) is 0 Å². The highest BCUT2D eigenvalue weighted by Gasteiger charge is 2.23. The molecule has 0 spiro atoms. The molecule has 0 fully saturated rings. The lowest BCUT2D eigenvalue weighted by Gasteiger charge is -2.21. The summed E-state index contributed by atoms with van der Waals surface area (Å²) in [5.41, 5.74) is 10.6. The Labute approximate surface area is 282 Å². The molecule has 0 aliphatic carbocycles. The third-order valence-electron chi connectivity index (χ3n) is 9.17. The minimum atomic E-state index is -0.0826. The van der Waals surface area contributed by atoms with Gasteiger partial charge in [0, 0.05) is 17.2 Å². The first kappa shape index (κ1) is 33.2. The number of benzene rings is 4. The maximum absolute atomic E-state index is 4.45. The molecule has 0 saturated carbocycles. The molecule has 3 aliphatic rings. The van der Waals surface area contributed by atoms with Crippen molar-refractivity contribution in [2.75, 3.05) is 6.54 Å². The molecule has 3 aliphatic heterocycles. The van der Waals surface area contributed by atoms with Crippen molar-refractivity contribution in [3.63, 3.8) is 0 Å².